The van der Waals surface area contributed by atoms with Crippen LogP contribution in [0.25, 0.3) is 0 Å². The lowest BCUT2D eigenvalue weighted by atomic mass is 9.99. The van der Waals surface area contributed by atoms with Gasteiger partial charge in [-0.1, -0.05) is 414 Å². The third-order valence-electron chi connectivity index (χ3n) is 20.8. The second-order valence-electron chi connectivity index (χ2n) is 32.0. The molecular weight excluding hydrogens is 1380 g/mol. The van der Waals surface area contributed by atoms with Crippen LogP contribution in [0.5, 0.6) is 0 Å². The van der Waals surface area contributed by atoms with Crippen molar-refractivity contribution in [2.45, 2.75) is 484 Å². The standard InChI is InChI=1S/C87H170O17P2/c1-7-10-12-14-16-18-19-20-21-22-23-24-25-26-30-33-36-41-46-52-58-64-70-85(90)98-76-83(104-86(91)71-65-59-53-47-42-37-34-31-28-27-29-32-35-40-45-50-56-62-68-80(6)9-3)78-102-106(95,96)100-74-81(88)73-99-105(93,94)101-77-82(75-97-84(89)69-63-57-51-17-15-13-11-8-2)103-87(92)72-66-60-54-48-43-38-39-44-49-55-61-67-79(4)5/h79-83,88H,7-78H2,1-6H3,(H,93,94)(H,95,96)/t80?,81-,82+,83+/m0/s1. The summed E-state index contributed by atoms with van der Waals surface area (Å²) < 4.78 is 68.8. The van der Waals surface area contributed by atoms with Crippen LogP contribution < -0.4 is 0 Å². The molecule has 0 heterocycles. The molecule has 0 spiro atoms. The molecule has 0 saturated carbocycles. The summed E-state index contributed by atoms with van der Waals surface area (Å²) in [6, 6.07) is 0. The molecule has 0 aromatic rings. The van der Waals surface area contributed by atoms with E-state index in [-0.39, 0.29) is 25.7 Å². The Morgan fingerprint density at radius 2 is 0.481 bits per heavy atom. The lowest BCUT2D eigenvalue weighted by molar-refractivity contribution is -0.161. The van der Waals surface area contributed by atoms with Crippen LogP contribution in [-0.2, 0) is 65.4 Å². The summed E-state index contributed by atoms with van der Waals surface area (Å²) in [5.74, 6) is -0.469. The Bertz CT molecular complexity index is 2030. The van der Waals surface area contributed by atoms with Crippen LogP contribution in [0.1, 0.15) is 465 Å². The van der Waals surface area contributed by atoms with Gasteiger partial charge in [0.2, 0.25) is 0 Å². The predicted octanol–water partition coefficient (Wildman–Crippen LogP) is 26.6. The Kier molecular flexibility index (Phi) is 76.9. The number of phosphoric ester groups is 2. The van der Waals surface area contributed by atoms with Crippen molar-refractivity contribution in [3.05, 3.63) is 0 Å². The highest BCUT2D eigenvalue weighted by atomic mass is 31.2. The van der Waals surface area contributed by atoms with Crippen LogP contribution in [0.4, 0.5) is 0 Å². The Morgan fingerprint density at radius 3 is 0.717 bits per heavy atom. The van der Waals surface area contributed by atoms with Gasteiger partial charge in [-0.25, -0.2) is 9.13 Å². The molecule has 630 valence electrons. The molecule has 0 amide bonds. The molecule has 106 heavy (non-hydrogen) atoms. The minimum Gasteiger partial charge on any atom is -0.462 e. The van der Waals surface area contributed by atoms with E-state index in [0.29, 0.717) is 25.7 Å². The molecule has 0 saturated heterocycles. The van der Waals surface area contributed by atoms with Gasteiger partial charge in [-0.2, -0.15) is 0 Å². The molecule has 0 bridgehead atoms. The highest BCUT2D eigenvalue weighted by molar-refractivity contribution is 7.47. The van der Waals surface area contributed by atoms with E-state index in [0.717, 1.165) is 108 Å². The molecule has 0 aliphatic heterocycles. The highest BCUT2D eigenvalue weighted by Gasteiger charge is 2.30. The molecule has 0 aliphatic rings. The molecular formula is C87H170O17P2. The van der Waals surface area contributed by atoms with Gasteiger partial charge in [0.05, 0.1) is 26.4 Å². The summed E-state index contributed by atoms with van der Waals surface area (Å²) in [6.07, 6.45) is 71.1. The third kappa shape index (κ3) is 78.7. The van der Waals surface area contributed by atoms with Crippen LogP contribution in [0.2, 0.25) is 0 Å². The molecule has 0 radical (unpaired) electrons. The SMILES string of the molecule is CCCCCCCCCCCCCCCCCCCCCCCCC(=O)OC[C@H](COP(=O)(O)OC[C@@H](O)COP(=O)(O)OC[C@@H](COC(=O)CCCCCCCCCC)OC(=O)CCCCCCCCCCCCCC(C)C)OC(=O)CCCCCCCCCCCCCCCCCCCCC(C)CC. The zero-order chi connectivity index (χ0) is 77.8. The molecule has 0 rings (SSSR count). The Morgan fingerprint density at radius 1 is 0.274 bits per heavy atom. The zero-order valence-corrected chi connectivity index (χ0v) is 71.5. The van der Waals surface area contributed by atoms with Crippen molar-refractivity contribution in [1.82, 2.24) is 0 Å². The summed E-state index contributed by atoms with van der Waals surface area (Å²) in [4.78, 5) is 73.1. The van der Waals surface area contributed by atoms with Crippen molar-refractivity contribution in [3.8, 4) is 0 Å². The van der Waals surface area contributed by atoms with E-state index in [1.54, 1.807) is 0 Å². The molecule has 3 N–H and O–H groups in total. The number of rotatable bonds is 86. The average molecular weight is 1550 g/mol. The summed E-state index contributed by atoms with van der Waals surface area (Å²) in [7, 11) is -9.92. The second kappa shape index (κ2) is 78.3. The van der Waals surface area contributed by atoms with E-state index in [1.807, 2.05) is 0 Å². The van der Waals surface area contributed by atoms with Gasteiger partial charge in [0.25, 0.3) is 0 Å². The van der Waals surface area contributed by atoms with Gasteiger partial charge in [0.1, 0.15) is 19.3 Å². The maximum absolute atomic E-state index is 13.2. The Hall–Kier alpha value is -1.94. The molecule has 0 aliphatic carbocycles. The van der Waals surface area contributed by atoms with Crippen molar-refractivity contribution in [1.29, 1.82) is 0 Å². The van der Waals surface area contributed by atoms with Crippen molar-refractivity contribution in [3.63, 3.8) is 0 Å². The zero-order valence-electron chi connectivity index (χ0n) is 69.7. The van der Waals surface area contributed by atoms with Crippen molar-refractivity contribution in [2.75, 3.05) is 39.6 Å². The number of unbranched alkanes of at least 4 members (excludes halogenated alkanes) is 55. The van der Waals surface area contributed by atoms with Crippen molar-refractivity contribution < 1.29 is 80.2 Å². The monoisotopic (exact) mass is 1550 g/mol. The largest absolute Gasteiger partial charge is 0.472 e. The van der Waals surface area contributed by atoms with Gasteiger partial charge in [-0.15, -0.1) is 0 Å². The van der Waals surface area contributed by atoms with E-state index in [1.165, 1.54) is 276 Å². The van der Waals surface area contributed by atoms with Gasteiger partial charge in [0, 0.05) is 25.7 Å². The minimum atomic E-state index is -4.97. The molecule has 17 nitrogen and oxygen atoms in total. The van der Waals surface area contributed by atoms with Crippen LogP contribution >= 0.6 is 15.6 Å². The lowest BCUT2D eigenvalue weighted by Crippen LogP contribution is -2.30. The normalized spacial score (nSPS) is 14.1. The number of hydrogen-bond donors (Lipinski definition) is 3. The summed E-state index contributed by atoms with van der Waals surface area (Å²) >= 11 is 0. The van der Waals surface area contributed by atoms with Gasteiger partial charge >= 0.3 is 39.5 Å². The number of carbonyl (C=O) groups is 4. The number of esters is 4. The first kappa shape index (κ1) is 104. The number of aliphatic hydroxyl groups is 1. The Labute approximate surface area is 651 Å². The Balaban J connectivity index is 5.17. The fourth-order valence-corrected chi connectivity index (χ4v) is 15.1. The number of aliphatic hydroxyl groups excluding tert-OH is 1. The van der Waals surface area contributed by atoms with Crippen LogP contribution in [0, 0.1) is 11.8 Å². The van der Waals surface area contributed by atoms with Crippen LogP contribution in [0.15, 0.2) is 0 Å². The van der Waals surface area contributed by atoms with E-state index < -0.39 is 97.5 Å². The quantitative estimate of drug-likeness (QED) is 0.0222. The number of ether oxygens (including phenoxy) is 4. The first-order valence-corrected chi connectivity index (χ1v) is 48.0. The van der Waals surface area contributed by atoms with E-state index >= 15 is 0 Å². The fourth-order valence-electron chi connectivity index (χ4n) is 13.6. The molecule has 0 aromatic carbocycles. The predicted molar refractivity (Wildman–Crippen MR) is 437 cm³/mol. The van der Waals surface area contributed by atoms with E-state index in [2.05, 4.69) is 41.5 Å². The summed E-state index contributed by atoms with van der Waals surface area (Å²) in [5, 5.41) is 10.7. The van der Waals surface area contributed by atoms with Gasteiger partial charge in [-0.05, 0) is 37.5 Å². The van der Waals surface area contributed by atoms with Crippen LogP contribution in [0.3, 0.4) is 0 Å². The maximum atomic E-state index is 13.2. The summed E-state index contributed by atoms with van der Waals surface area (Å²) in [5.41, 5.74) is 0. The smallest absolute Gasteiger partial charge is 0.462 e. The van der Waals surface area contributed by atoms with Crippen LogP contribution in [-0.4, -0.2) is 96.7 Å². The van der Waals surface area contributed by atoms with Gasteiger partial charge in [-0.3, -0.25) is 37.3 Å². The molecule has 6 atom stereocenters. The fraction of sp³-hybridized carbons (Fsp3) is 0.954. The van der Waals surface area contributed by atoms with E-state index in [9.17, 15) is 43.2 Å². The first-order valence-electron chi connectivity index (χ1n) is 45.0. The average Bonchev–Trinajstić information content (AvgIpc) is 0.905. The molecule has 0 fully saturated rings. The lowest BCUT2D eigenvalue weighted by Gasteiger charge is -2.21. The number of carbonyl (C=O) groups excluding carboxylic acids is 4. The van der Waals surface area contributed by atoms with Crippen molar-refractivity contribution >= 4 is 39.5 Å². The second-order valence-corrected chi connectivity index (χ2v) is 34.9. The van der Waals surface area contributed by atoms with Gasteiger partial charge in [0.15, 0.2) is 12.2 Å². The number of phosphoric acid groups is 2. The van der Waals surface area contributed by atoms with Crippen molar-refractivity contribution in [2.24, 2.45) is 11.8 Å². The third-order valence-corrected chi connectivity index (χ3v) is 22.7. The summed E-state index contributed by atoms with van der Waals surface area (Å²) in [6.45, 7) is 9.70. The van der Waals surface area contributed by atoms with Gasteiger partial charge < -0.3 is 33.8 Å². The maximum Gasteiger partial charge on any atom is 0.472 e. The molecule has 3 unspecified atom stereocenters. The minimum absolute atomic E-state index is 0.107. The molecule has 19 heteroatoms. The first-order chi connectivity index (χ1) is 51.4. The molecule has 0 aromatic heterocycles. The highest BCUT2D eigenvalue weighted by Crippen LogP contribution is 2.45. The van der Waals surface area contributed by atoms with E-state index in [4.69, 9.17) is 37.0 Å². The topological polar surface area (TPSA) is 237 Å². The number of hydrogen-bond acceptors (Lipinski definition) is 15.